The van der Waals surface area contributed by atoms with Gasteiger partial charge < -0.3 is 5.11 Å². The number of aliphatic hydroxyl groups is 1. The van der Waals surface area contributed by atoms with E-state index in [1.54, 1.807) is 6.07 Å². The highest BCUT2D eigenvalue weighted by atomic mass is 32.2. The van der Waals surface area contributed by atoms with Crippen LogP contribution in [0.5, 0.6) is 0 Å². The lowest BCUT2D eigenvalue weighted by Gasteiger charge is -2.20. The van der Waals surface area contributed by atoms with E-state index in [2.05, 4.69) is 0 Å². The van der Waals surface area contributed by atoms with Gasteiger partial charge in [-0.2, -0.15) is 5.26 Å². The minimum atomic E-state index is -4.08. The average Bonchev–Trinajstić information content (AvgIpc) is 2.65. The van der Waals surface area contributed by atoms with Crippen LogP contribution in [0.25, 0.3) is 0 Å². The van der Waals surface area contributed by atoms with Gasteiger partial charge in [-0.1, -0.05) is 33.8 Å². The molecule has 172 valence electrons. The van der Waals surface area contributed by atoms with E-state index in [4.69, 9.17) is 0 Å². The number of Topliss-reactive ketones (excluding diaryl/α,β-unsaturated/α-hetero) is 1. The molecule has 0 aliphatic carbocycles. The molecule has 0 amide bonds. The summed E-state index contributed by atoms with van der Waals surface area (Å²) in [5, 5.41) is 19.5. The Bertz CT molecular complexity index is 1170. The first-order valence-electron chi connectivity index (χ1n) is 10.5. The fourth-order valence-corrected chi connectivity index (χ4v) is 5.06. The van der Waals surface area contributed by atoms with Gasteiger partial charge in [0.2, 0.25) is 0 Å². The Balaban J connectivity index is 2.45. The first-order chi connectivity index (χ1) is 14.7. The third kappa shape index (κ3) is 5.81. The molecule has 2 rings (SSSR count). The molecular weight excluding hydrogens is 429 g/mol. The second-order valence-electron chi connectivity index (χ2n) is 9.23. The van der Waals surface area contributed by atoms with E-state index in [-0.39, 0.29) is 34.3 Å². The van der Waals surface area contributed by atoms with E-state index in [0.29, 0.717) is 11.1 Å². The molecule has 0 aliphatic heterocycles. The highest BCUT2D eigenvalue weighted by molar-refractivity contribution is 7.92. The van der Waals surface area contributed by atoms with Crippen molar-refractivity contribution in [3.8, 4) is 6.07 Å². The van der Waals surface area contributed by atoms with Crippen molar-refractivity contribution in [1.82, 2.24) is 0 Å². The standard InChI is InChI=1S/C25H30FNO4S/c1-15(2)21-7-8-23(26)24(16(3)4)22(21)12-19(28)14-32(30,31)20-10-17(13-27)9-18(11-20)25(5,6)29/h7-11,15-16,29H,12,14H2,1-6H3. The zero-order valence-corrected chi connectivity index (χ0v) is 20.2. The number of hydrogen-bond donors (Lipinski definition) is 1. The number of carbonyl (C=O) groups excluding carboxylic acids is 1. The van der Waals surface area contributed by atoms with E-state index >= 15 is 0 Å². The second kappa shape index (κ2) is 9.51. The van der Waals surface area contributed by atoms with E-state index in [1.807, 2.05) is 33.8 Å². The lowest BCUT2D eigenvalue weighted by molar-refractivity contribution is -0.116. The fourth-order valence-electron chi connectivity index (χ4n) is 3.76. The molecule has 1 N–H and O–H groups in total. The molecule has 0 saturated carbocycles. The maximum atomic E-state index is 14.6. The van der Waals surface area contributed by atoms with Crippen LogP contribution in [-0.2, 0) is 26.7 Å². The lowest BCUT2D eigenvalue weighted by atomic mass is 9.86. The number of ketones is 1. The average molecular weight is 460 g/mol. The zero-order chi connectivity index (χ0) is 24.4. The minimum Gasteiger partial charge on any atom is -0.386 e. The molecule has 0 bridgehead atoms. The van der Waals surface area contributed by atoms with Gasteiger partial charge in [-0.25, -0.2) is 12.8 Å². The number of nitrogens with zero attached hydrogens (tertiary/aromatic N) is 1. The largest absolute Gasteiger partial charge is 0.386 e. The third-order valence-corrected chi connectivity index (χ3v) is 7.02. The highest BCUT2D eigenvalue weighted by Crippen LogP contribution is 2.31. The Kier molecular flexibility index (Phi) is 7.64. The molecule has 0 aromatic heterocycles. The summed E-state index contributed by atoms with van der Waals surface area (Å²) in [6.07, 6.45) is -0.200. The summed E-state index contributed by atoms with van der Waals surface area (Å²) in [7, 11) is -4.08. The Labute approximate surface area is 189 Å². The topological polar surface area (TPSA) is 95.2 Å². The quantitative estimate of drug-likeness (QED) is 0.614. The Hall–Kier alpha value is -2.56. The molecule has 0 unspecified atom stereocenters. The summed E-state index contributed by atoms with van der Waals surface area (Å²) in [5.41, 5.74) is 0.760. The highest BCUT2D eigenvalue weighted by Gasteiger charge is 2.26. The first kappa shape index (κ1) is 25.7. The van der Waals surface area contributed by atoms with Crippen LogP contribution in [0.15, 0.2) is 35.2 Å². The molecule has 0 heterocycles. The van der Waals surface area contributed by atoms with Crippen LogP contribution >= 0.6 is 0 Å². The number of hydrogen-bond acceptors (Lipinski definition) is 5. The van der Waals surface area contributed by atoms with Gasteiger partial charge in [0, 0.05) is 6.42 Å². The molecular formula is C25H30FNO4S. The monoisotopic (exact) mass is 459 g/mol. The van der Waals surface area contributed by atoms with Crippen LogP contribution in [0.1, 0.15) is 81.2 Å². The fraction of sp³-hybridized carbons (Fsp3) is 0.440. The Morgan fingerprint density at radius 1 is 1.12 bits per heavy atom. The number of sulfone groups is 1. The van der Waals surface area contributed by atoms with E-state index in [1.165, 1.54) is 38.1 Å². The van der Waals surface area contributed by atoms with Gasteiger partial charge in [0.1, 0.15) is 11.6 Å². The molecule has 2 aromatic rings. The van der Waals surface area contributed by atoms with Crippen LogP contribution in [-0.4, -0.2) is 25.1 Å². The molecule has 0 saturated heterocycles. The van der Waals surface area contributed by atoms with Crippen molar-refractivity contribution in [3.05, 3.63) is 64.0 Å². The second-order valence-corrected chi connectivity index (χ2v) is 11.2. The Morgan fingerprint density at radius 2 is 1.75 bits per heavy atom. The van der Waals surface area contributed by atoms with Gasteiger partial charge in [-0.3, -0.25) is 4.79 Å². The van der Waals surface area contributed by atoms with Crippen molar-refractivity contribution in [2.45, 2.75) is 70.3 Å². The van der Waals surface area contributed by atoms with Crippen molar-refractivity contribution >= 4 is 15.6 Å². The molecule has 2 aromatic carbocycles. The molecule has 0 spiro atoms. The summed E-state index contributed by atoms with van der Waals surface area (Å²) in [6, 6.07) is 8.82. The maximum absolute atomic E-state index is 14.6. The summed E-state index contributed by atoms with van der Waals surface area (Å²) in [4.78, 5) is 12.7. The van der Waals surface area contributed by atoms with Gasteiger partial charge >= 0.3 is 0 Å². The molecule has 0 radical (unpaired) electrons. The van der Waals surface area contributed by atoms with E-state index in [9.17, 15) is 28.0 Å². The molecule has 0 fully saturated rings. The van der Waals surface area contributed by atoms with Gasteiger partial charge in [-0.15, -0.1) is 0 Å². The molecule has 0 aliphatic rings. The minimum absolute atomic E-state index is 0.0363. The van der Waals surface area contributed by atoms with Gasteiger partial charge in [0.15, 0.2) is 15.6 Å². The van der Waals surface area contributed by atoms with Crippen LogP contribution in [0.4, 0.5) is 4.39 Å². The molecule has 5 nitrogen and oxygen atoms in total. The number of halogens is 1. The first-order valence-corrected chi connectivity index (χ1v) is 12.2. The summed E-state index contributed by atoms with van der Waals surface area (Å²) >= 11 is 0. The van der Waals surface area contributed by atoms with Crippen molar-refractivity contribution in [3.63, 3.8) is 0 Å². The summed E-state index contributed by atoms with van der Waals surface area (Å²) in [5.74, 6) is -1.89. The smallest absolute Gasteiger partial charge is 0.185 e. The van der Waals surface area contributed by atoms with Crippen molar-refractivity contribution < 1.29 is 22.7 Å². The zero-order valence-electron chi connectivity index (χ0n) is 19.4. The molecule has 7 heteroatoms. The number of benzene rings is 2. The van der Waals surface area contributed by atoms with E-state index in [0.717, 1.165) is 5.56 Å². The third-order valence-electron chi connectivity index (χ3n) is 5.37. The molecule has 0 atom stereocenters. The van der Waals surface area contributed by atoms with Crippen LogP contribution in [0.3, 0.4) is 0 Å². The summed E-state index contributed by atoms with van der Waals surface area (Å²) < 4.78 is 40.6. The number of carbonyl (C=O) groups is 1. The number of rotatable bonds is 8. The normalized spacial score (nSPS) is 12.3. The van der Waals surface area contributed by atoms with Crippen molar-refractivity contribution in [1.29, 1.82) is 5.26 Å². The predicted octanol–water partition coefficient (Wildman–Crippen LogP) is 4.76. The number of nitriles is 1. The lowest BCUT2D eigenvalue weighted by Crippen LogP contribution is -2.22. The van der Waals surface area contributed by atoms with Crippen molar-refractivity contribution in [2.75, 3.05) is 5.75 Å². The Morgan fingerprint density at radius 3 is 2.25 bits per heavy atom. The maximum Gasteiger partial charge on any atom is 0.185 e. The van der Waals surface area contributed by atoms with Crippen LogP contribution < -0.4 is 0 Å². The predicted molar refractivity (Wildman–Crippen MR) is 122 cm³/mol. The van der Waals surface area contributed by atoms with Crippen molar-refractivity contribution in [2.24, 2.45) is 0 Å². The van der Waals surface area contributed by atoms with Crippen LogP contribution in [0.2, 0.25) is 0 Å². The van der Waals surface area contributed by atoms with Gasteiger partial charge in [0.25, 0.3) is 0 Å². The SMILES string of the molecule is CC(C)c1ccc(F)c(C(C)C)c1CC(=O)CS(=O)(=O)c1cc(C#N)cc(C(C)(C)O)c1. The van der Waals surface area contributed by atoms with Gasteiger partial charge in [0.05, 0.1) is 22.1 Å². The van der Waals surface area contributed by atoms with Crippen LogP contribution in [0, 0.1) is 17.1 Å². The van der Waals surface area contributed by atoms with E-state index < -0.39 is 32.8 Å². The van der Waals surface area contributed by atoms with Gasteiger partial charge in [-0.05, 0) is 72.2 Å². The molecule has 32 heavy (non-hydrogen) atoms. The summed E-state index contributed by atoms with van der Waals surface area (Å²) in [6.45, 7) is 10.5.